The summed E-state index contributed by atoms with van der Waals surface area (Å²) in [7, 11) is 0. The van der Waals surface area contributed by atoms with Crippen LogP contribution in [0.15, 0.2) is 10.9 Å². The highest BCUT2D eigenvalue weighted by Gasteiger charge is 2.26. The van der Waals surface area contributed by atoms with Crippen LogP contribution in [-0.4, -0.2) is 4.98 Å². The average molecular weight is 175 g/mol. The molecule has 3 N–H and O–H groups in total. The largest absolute Gasteiger partial charge is 0.397 e. The topological polar surface area (TPSA) is 82.7 Å². The van der Waals surface area contributed by atoms with Crippen molar-refractivity contribution >= 4 is 5.69 Å². The van der Waals surface area contributed by atoms with Crippen LogP contribution in [-0.2, 0) is 0 Å². The molecule has 66 valence electrons. The first kappa shape index (κ1) is 7.87. The highest BCUT2D eigenvalue weighted by Crippen LogP contribution is 2.40. The summed E-state index contributed by atoms with van der Waals surface area (Å²) in [5, 5.41) is 8.56. The summed E-state index contributed by atoms with van der Waals surface area (Å²) in [6.07, 6.45) is 2.15. The van der Waals surface area contributed by atoms with E-state index in [-0.39, 0.29) is 11.1 Å². The van der Waals surface area contributed by atoms with E-state index < -0.39 is 0 Å². The Hall–Kier alpha value is -1.76. The van der Waals surface area contributed by atoms with Crippen molar-refractivity contribution in [3.63, 3.8) is 0 Å². The van der Waals surface area contributed by atoms with Crippen molar-refractivity contribution < 1.29 is 0 Å². The van der Waals surface area contributed by atoms with Gasteiger partial charge in [-0.05, 0) is 18.9 Å². The molecule has 0 aromatic carbocycles. The van der Waals surface area contributed by atoms with Gasteiger partial charge in [0, 0.05) is 11.6 Å². The Morgan fingerprint density at radius 1 is 1.62 bits per heavy atom. The van der Waals surface area contributed by atoms with Gasteiger partial charge in [-0.3, -0.25) is 4.79 Å². The van der Waals surface area contributed by atoms with Gasteiger partial charge >= 0.3 is 0 Å². The molecule has 0 spiro atoms. The molecular formula is C9H9N3O. The molecule has 0 radical (unpaired) electrons. The molecule has 4 nitrogen and oxygen atoms in total. The Morgan fingerprint density at radius 3 is 2.85 bits per heavy atom. The molecule has 1 saturated carbocycles. The molecular weight excluding hydrogens is 166 g/mol. The van der Waals surface area contributed by atoms with E-state index in [1.807, 2.05) is 0 Å². The molecule has 4 heteroatoms. The van der Waals surface area contributed by atoms with Crippen LogP contribution >= 0.6 is 0 Å². The van der Waals surface area contributed by atoms with Crippen LogP contribution in [0, 0.1) is 11.3 Å². The Kier molecular flexibility index (Phi) is 1.59. The van der Waals surface area contributed by atoms with Gasteiger partial charge in [-0.15, -0.1) is 0 Å². The van der Waals surface area contributed by atoms with E-state index in [9.17, 15) is 4.79 Å². The van der Waals surface area contributed by atoms with E-state index in [2.05, 4.69) is 4.98 Å². The molecule has 0 bridgehead atoms. The first-order chi connectivity index (χ1) is 6.22. The van der Waals surface area contributed by atoms with Crippen molar-refractivity contribution in [3.05, 3.63) is 27.7 Å². The lowest BCUT2D eigenvalue weighted by Gasteiger charge is -2.02. The van der Waals surface area contributed by atoms with Gasteiger partial charge in [0.25, 0.3) is 5.56 Å². The second kappa shape index (κ2) is 2.63. The minimum atomic E-state index is -0.335. The predicted molar refractivity (Wildman–Crippen MR) is 48.2 cm³/mol. The monoisotopic (exact) mass is 175 g/mol. The molecule has 0 aliphatic heterocycles. The minimum Gasteiger partial charge on any atom is -0.397 e. The van der Waals surface area contributed by atoms with Gasteiger partial charge in [0.2, 0.25) is 0 Å². The third-order valence-corrected chi connectivity index (χ3v) is 2.21. The molecule has 0 saturated heterocycles. The Morgan fingerprint density at radius 2 is 2.31 bits per heavy atom. The predicted octanol–water partition coefficient (Wildman–Crippen LogP) is 0.706. The number of nitrogens with zero attached hydrogens (tertiary/aromatic N) is 1. The quantitative estimate of drug-likeness (QED) is 0.659. The number of aromatic amines is 1. The summed E-state index contributed by atoms with van der Waals surface area (Å²) in [4.78, 5) is 13.9. The number of nitrogens with two attached hydrogens (primary N) is 1. The van der Waals surface area contributed by atoms with E-state index in [1.165, 1.54) is 6.07 Å². The average Bonchev–Trinajstić information content (AvgIpc) is 2.91. The van der Waals surface area contributed by atoms with Gasteiger partial charge in [-0.2, -0.15) is 5.26 Å². The molecule has 0 atom stereocenters. The SMILES string of the molecule is N#Cc1cc(N)c(C2CC2)[nH]c1=O. The second-order valence-corrected chi connectivity index (χ2v) is 3.27. The van der Waals surface area contributed by atoms with Gasteiger partial charge in [-0.25, -0.2) is 0 Å². The smallest absolute Gasteiger partial charge is 0.266 e. The maximum absolute atomic E-state index is 11.2. The normalized spacial score (nSPS) is 15.3. The fraction of sp³-hybridized carbons (Fsp3) is 0.333. The number of nitriles is 1. The molecule has 0 amide bonds. The van der Waals surface area contributed by atoms with Crippen molar-refractivity contribution in [2.24, 2.45) is 0 Å². The van der Waals surface area contributed by atoms with Crippen molar-refractivity contribution in [1.82, 2.24) is 4.98 Å². The third kappa shape index (κ3) is 1.29. The molecule has 1 aromatic heterocycles. The number of nitrogen functional groups attached to an aromatic ring is 1. The van der Waals surface area contributed by atoms with Crippen LogP contribution in [0.1, 0.15) is 30.0 Å². The highest BCUT2D eigenvalue weighted by molar-refractivity contribution is 5.50. The fourth-order valence-corrected chi connectivity index (χ4v) is 1.35. The summed E-state index contributed by atoms with van der Waals surface area (Å²) in [6.45, 7) is 0. The zero-order valence-electron chi connectivity index (χ0n) is 7.00. The highest BCUT2D eigenvalue weighted by atomic mass is 16.1. The van der Waals surface area contributed by atoms with Crippen molar-refractivity contribution in [2.75, 3.05) is 5.73 Å². The number of hydrogen-bond acceptors (Lipinski definition) is 3. The van der Waals surface area contributed by atoms with Crippen molar-refractivity contribution in [3.8, 4) is 6.07 Å². The van der Waals surface area contributed by atoms with E-state index in [4.69, 9.17) is 11.0 Å². The number of rotatable bonds is 1. The Bertz CT molecular complexity index is 437. The summed E-state index contributed by atoms with van der Waals surface area (Å²) in [6, 6.07) is 3.25. The molecule has 1 fully saturated rings. The zero-order valence-corrected chi connectivity index (χ0v) is 7.00. The number of aromatic nitrogens is 1. The first-order valence-corrected chi connectivity index (χ1v) is 4.15. The number of nitrogens with one attached hydrogen (secondary N) is 1. The number of hydrogen-bond donors (Lipinski definition) is 2. The van der Waals surface area contributed by atoms with Crippen LogP contribution in [0.5, 0.6) is 0 Å². The number of H-pyrrole nitrogens is 1. The standard InChI is InChI=1S/C9H9N3O/c10-4-6-3-7(11)8(5-1-2-5)12-9(6)13/h3,5H,1-2,11H2,(H,12,13). The van der Waals surface area contributed by atoms with Gasteiger partial charge in [0.05, 0.1) is 5.69 Å². The second-order valence-electron chi connectivity index (χ2n) is 3.27. The van der Waals surface area contributed by atoms with Gasteiger partial charge in [0.1, 0.15) is 11.6 Å². The molecule has 1 aliphatic rings. The van der Waals surface area contributed by atoms with Crippen LogP contribution < -0.4 is 11.3 Å². The minimum absolute atomic E-state index is 0.0851. The zero-order chi connectivity index (χ0) is 9.42. The van der Waals surface area contributed by atoms with Crippen LogP contribution in [0.25, 0.3) is 0 Å². The summed E-state index contributed by atoms with van der Waals surface area (Å²) in [5.74, 6) is 0.403. The van der Waals surface area contributed by atoms with Gasteiger partial charge in [0.15, 0.2) is 0 Å². The lowest BCUT2D eigenvalue weighted by atomic mass is 10.2. The summed E-state index contributed by atoms with van der Waals surface area (Å²) in [5.41, 5.74) is 6.76. The lowest BCUT2D eigenvalue weighted by Crippen LogP contribution is -2.14. The third-order valence-electron chi connectivity index (χ3n) is 2.21. The first-order valence-electron chi connectivity index (χ1n) is 4.15. The molecule has 1 aliphatic carbocycles. The van der Waals surface area contributed by atoms with E-state index in [0.717, 1.165) is 18.5 Å². The van der Waals surface area contributed by atoms with Crippen LogP contribution in [0.3, 0.4) is 0 Å². The fourth-order valence-electron chi connectivity index (χ4n) is 1.35. The van der Waals surface area contributed by atoms with Crippen LogP contribution in [0.4, 0.5) is 5.69 Å². The van der Waals surface area contributed by atoms with E-state index >= 15 is 0 Å². The van der Waals surface area contributed by atoms with E-state index in [0.29, 0.717) is 11.6 Å². The van der Waals surface area contributed by atoms with E-state index in [1.54, 1.807) is 6.07 Å². The molecule has 0 unspecified atom stereocenters. The Balaban J connectivity index is 2.57. The van der Waals surface area contributed by atoms with Crippen molar-refractivity contribution in [1.29, 1.82) is 5.26 Å². The summed E-state index contributed by atoms with van der Waals surface area (Å²) < 4.78 is 0. The molecule has 1 heterocycles. The summed E-state index contributed by atoms with van der Waals surface area (Å²) >= 11 is 0. The number of anilines is 1. The maximum Gasteiger partial charge on any atom is 0.266 e. The van der Waals surface area contributed by atoms with Crippen molar-refractivity contribution in [2.45, 2.75) is 18.8 Å². The molecule has 2 rings (SSSR count). The maximum atomic E-state index is 11.2. The lowest BCUT2D eigenvalue weighted by molar-refractivity contribution is 1.00. The number of pyridine rings is 1. The van der Waals surface area contributed by atoms with Gasteiger partial charge in [-0.1, -0.05) is 0 Å². The molecule has 13 heavy (non-hydrogen) atoms. The Labute approximate surface area is 75.0 Å². The van der Waals surface area contributed by atoms with Gasteiger partial charge < -0.3 is 10.7 Å². The molecule has 1 aromatic rings. The van der Waals surface area contributed by atoms with Crippen LogP contribution in [0.2, 0.25) is 0 Å².